The van der Waals surface area contributed by atoms with E-state index in [0.29, 0.717) is 16.8 Å². The molecule has 0 saturated heterocycles. The van der Waals surface area contributed by atoms with Crippen LogP contribution in [0, 0.1) is 11.8 Å². The maximum absolute atomic E-state index is 11.8. The maximum Gasteiger partial charge on any atom is 0.257 e. The second kappa shape index (κ2) is 10.5. The van der Waals surface area contributed by atoms with Crippen LogP contribution in [0.2, 0.25) is 0 Å². The van der Waals surface area contributed by atoms with E-state index < -0.39 is 0 Å². The van der Waals surface area contributed by atoms with E-state index in [-0.39, 0.29) is 12.5 Å². The summed E-state index contributed by atoms with van der Waals surface area (Å²) in [7, 11) is 0. The highest BCUT2D eigenvalue weighted by atomic mass is 16.1. The van der Waals surface area contributed by atoms with Crippen LogP contribution in [0.3, 0.4) is 0 Å². The van der Waals surface area contributed by atoms with E-state index >= 15 is 0 Å². The summed E-state index contributed by atoms with van der Waals surface area (Å²) in [5.41, 5.74) is 6.96. The number of carbonyl (C=O) groups is 1. The van der Waals surface area contributed by atoms with Gasteiger partial charge in [0, 0.05) is 29.9 Å². The number of nitrogens with zero attached hydrogens (tertiary/aromatic N) is 2. The smallest absolute Gasteiger partial charge is 0.257 e. The quantitative estimate of drug-likeness (QED) is 0.649. The minimum atomic E-state index is -0.267. The Hall–Kier alpha value is -2.45. The molecule has 1 rings (SSSR count). The topological polar surface area (TPSA) is 80.4 Å². The molecule has 0 spiro atoms. The Balaban J connectivity index is 0.00000172. The Labute approximate surface area is 120 Å². The first-order valence-corrected chi connectivity index (χ1v) is 6.25. The zero-order valence-electron chi connectivity index (χ0n) is 12.1. The summed E-state index contributed by atoms with van der Waals surface area (Å²) in [5.74, 6) is 5.25. The van der Waals surface area contributed by atoms with Crippen LogP contribution >= 0.6 is 0 Å². The average Bonchev–Trinajstić information content (AvgIpc) is 2.47. The molecule has 1 heterocycles. The first kappa shape index (κ1) is 17.6. The molecule has 0 bridgehead atoms. The number of nitrogens with two attached hydrogens (primary N) is 1. The van der Waals surface area contributed by atoms with Crippen molar-refractivity contribution in [2.24, 2.45) is 10.7 Å². The lowest BCUT2D eigenvalue weighted by Gasteiger charge is -2.04. The zero-order valence-corrected chi connectivity index (χ0v) is 12.1. The molecule has 0 aliphatic rings. The van der Waals surface area contributed by atoms with Gasteiger partial charge in [-0.3, -0.25) is 14.8 Å². The second-order valence-corrected chi connectivity index (χ2v) is 3.42. The Morgan fingerprint density at radius 2 is 2.25 bits per heavy atom. The Morgan fingerprint density at radius 3 is 2.85 bits per heavy atom. The first-order chi connectivity index (χ1) is 9.67. The molecule has 1 amide bonds. The van der Waals surface area contributed by atoms with E-state index in [2.05, 4.69) is 33.9 Å². The van der Waals surface area contributed by atoms with Crippen LogP contribution in [0.4, 0.5) is 0 Å². The Kier molecular flexibility index (Phi) is 9.19. The van der Waals surface area contributed by atoms with Gasteiger partial charge in [0.15, 0.2) is 0 Å². The second-order valence-electron chi connectivity index (χ2n) is 3.42. The summed E-state index contributed by atoms with van der Waals surface area (Å²) in [6, 6.07) is 1.65. The largest absolute Gasteiger partial charge is 0.324 e. The van der Waals surface area contributed by atoms with Crippen molar-refractivity contribution in [2.75, 3.05) is 6.54 Å². The van der Waals surface area contributed by atoms with Gasteiger partial charge in [0.05, 0.1) is 12.1 Å². The van der Waals surface area contributed by atoms with E-state index in [9.17, 15) is 4.79 Å². The summed E-state index contributed by atoms with van der Waals surface area (Å²) in [4.78, 5) is 19.3. The summed E-state index contributed by atoms with van der Waals surface area (Å²) in [6.07, 6.45) is 4.51. The molecule has 0 aliphatic carbocycles. The number of pyridine rings is 1. The van der Waals surface area contributed by atoms with Crippen LogP contribution in [-0.2, 0) is 0 Å². The van der Waals surface area contributed by atoms with Crippen molar-refractivity contribution in [3.63, 3.8) is 0 Å². The molecule has 0 saturated carbocycles. The molecule has 0 fully saturated rings. The third kappa shape index (κ3) is 6.47. The van der Waals surface area contributed by atoms with Crippen molar-refractivity contribution in [3.8, 4) is 11.8 Å². The third-order valence-corrected chi connectivity index (χ3v) is 1.93. The van der Waals surface area contributed by atoms with Gasteiger partial charge in [-0.15, -0.1) is 0 Å². The van der Waals surface area contributed by atoms with Crippen LogP contribution in [-0.4, -0.2) is 24.2 Å². The van der Waals surface area contributed by atoms with E-state index in [1.165, 1.54) is 12.4 Å². The fourth-order valence-corrected chi connectivity index (χ4v) is 1.21. The molecular formula is C15H20N4O. The van der Waals surface area contributed by atoms with Gasteiger partial charge in [-0.05, 0) is 19.7 Å². The minimum Gasteiger partial charge on any atom is -0.324 e. The molecule has 0 aromatic carbocycles. The van der Waals surface area contributed by atoms with E-state index in [4.69, 9.17) is 5.73 Å². The van der Waals surface area contributed by atoms with Gasteiger partial charge in [-0.2, -0.15) is 0 Å². The molecule has 106 valence electrons. The van der Waals surface area contributed by atoms with Gasteiger partial charge >= 0.3 is 0 Å². The Morgan fingerprint density at radius 1 is 1.55 bits per heavy atom. The molecule has 0 unspecified atom stereocenters. The molecular weight excluding hydrogens is 252 g/mol. The van der Waals surface area contributed by atoms with Gasteiger partial charge in [0.1, 0.15) is 0 Å². The van der Waals surface area contributed by atoms with Crippen molar-refractivity contribution < 1.29 is 4.79 Å². The number of aromatic nitrogens is 1. The number of allylic oxidation sites excluding steroid dienone is 1. The molecule has 0 atom stereocenters. The van der Waals surface area contributed by atoms with E-state index in [1.807, 2.05) is 13.8 Å². The lowest BCUT2D eigenvalue weighted by atomic mass is 10.2. The predicted octanol–water partition coefficient (Wildman–Crippen LogP) is 1.71. The number of hydrogen-bond donors (Lipinski definition) is 2. The van der Waals surface area contributed by atoms with Crippen molar-refractivity contribution in [2.45, 2.75) is 20.8 Å². The lowest BCUT2D eigenvalue weighted by Crippen LogP contribution is -2.21. The van der Waals surface area contributed by atoms with Gasteiger partial charge in [-0.25, -0.2) is 0 Å². The van der Waals surface area contributed by atoms with Crippen LogP contribution in [0.5, 0.6) is 0 Å². The molecule has 0 aliphatic heterocycles. The number of carbonyl (C=O) groups excluding carboxylic acids is 1. The molecule has 20 heavy (non-hydrogen) atoms. The number of rotatable bonds is 3. The van der Waals surface area contributed by atoms with Crippen LogP contribution in [0.1, 0.15) is 36.7 Å². The summed E-state index contributed by atoms with van der Waals surface area (Å²) < 4.78 is 0. The highest BCUT2D eigenvalue weighted by Crippen LogP contribution is 2.02. The van der Waals surface area contributed by atoms with Crippen LogP contribution in [0.25, 0.3) is 0 Å². The summed E-state index contributed by atoms with van der Waals surface area (Å²) in [6.45, 7) is 9.30. The molecule has 5 heteroatoms. The summed E-state index contributed by atoms with van der Waals surface area (Å²) in [5, 5.41) is 2.66. The zero-order chi connectivity index (χ0) is 15.4. The molecule has 0 radical (unpaired) electrons. The van der Waals surface area contributed by atoms with Crippen molar-refractivity contribution in [1.29, 1.82) is 0 Å². The Bertz CT molecular complexity index is 538. The SMILES string of the molecule is C=N/C=C(\C)NC(=O)c1cncc(C#CCN)c1.CC. The van der Waals surface area contributed by atoms with Crippen molar-refractivity contribution in [3.05, 3.63) is 41.5 Å². The van der Waals surface area contributed by atoms with Gasteiger partial charge in [0.2, 0.25) is 0 Å². The van der Waals surface area contributed by atoms with Gasteiger partial charge < -0.3 is 11.1 Å². The fourth-order valence-electron chi connectivity index (χ4n) is 1.21. The van der Waals surface area contributed by atoms with E-state index in [1.54, 1.807) is 19.2 Å². The average molecular weight is 272 g/mol. The maximum atomic E-state index is 11.8. The standard InChI is InChI=1S/C13H14N4O.C2H6/c1-10(7-15-2)17-13(18)12-6-11(4-3-5-14)8-16-9-12;1-2/h6-9H,2,5,14H2,1H3,(H,17,18);1-2H3/b10-7+;. The third-order valence-electron chi connectivity index (χ3n) is 1.93. The number of aliphatic imine (C=N–C) groups is 1. The predicted molar refractivity (Wildman–Crippen MR) is 82.3 cm³/mol. The highest BCUT2D eigenvalue weighted by molar-refractivity contribution is 5.95. The van der Waals surface area contributed by atoms with Crippen molar-refractivity contribution in [1.82, 2.24) is 10.3 Å². The van der Waals surface area contributed by atoms with E-state index in [0.717, 1.165) is 0 Å². The number of amides is 1. The van der Waals surface area contributed by atoms with Crippen LogP contribution < -0.4 is 11.1 Å². The van der Waals surface area contributed by atoms with Crippen molar-refractivity contribution >= 4 is 12.6 Å². The molecule has 1 aromatic heterocycles. The summed E-state index contributed by atoms with van der Waals surface area (Å²) >= 11 is 0. The molecule has 5 nitrogen and oxygen atoms in total. The lowest BCUT2D eigenvalue weighted by molar-refractivity contribution is 0.0965. The number of hydrogen-bond acceptors (Lipinski definition) is 4. The van der Waals surface area contributed by atoms with Gasteiger partial charge in [-0.1, -0.05) is 25.7 Å². The van der Waals surface area contributed by atoms with Gasteiger partial charge in [0.25, 0.3) is 5.91 Å². The fraction of sp³-hybridized carbons (Fsp3) is 0.267. The van der Waals surface area contributed by atoms with Crippen LogP contribution in [0.15, 0.2) is 35.3 Å². The first-order valence-electron chi connectivity index (χ1n) is 6.25. The normalized spacial score (nSPS) is 9.50. The number of nitrogens with one attached hydrogen (secondary N) is 1. The minimum absolute atomic E-state index is 0.267. The highest BCUT2D eigenvalue weighted by Gasteiger charge is 2.06. The molecule has 3 N–H and O–H groups in total. The monoisotopic (exact) mass is 272 g/mol. The molecule has 1 aromatic rings.